The molecular formula is C15H17FN2O2. The summed E-state index contributed by atoms with van der Waals surface area (Å²) in [7, 11) is 0. The first-order valence-electron chi connectivity index (χ1n) is 6.96. The maximum Gasteiger partial charge on any atom is 0.319 e. The van der Waals surface area contributed by atoms with Crippen LogP contribution < -0.4 is 0 Å². The minimum Gasteiger partial charge on any atom is -0.465 e. The zero-order chi connectivity index (χ0) is 14.3. The number of rotatable bonds is 4. The van der Waals surface area contributed by atoms with Gasteiger partial charge in [-0.15, -0.1) is 0 Å². The lowest BCUT2D eigenvalue weighted by molar-refractivity contribution is -0.146. The lowest BCUT2D eigenvalue weighted by Crippen LogP contribution is -2.27. The van der Waals surface area contributed by atoms with E-state index >= 15 is 0 Å². The third-order valence-corrected chi connectivity index (χ3v) is 3.87. The first kappa shape index (κ1) is 13.1. The number of fused-ring (bicyclic) bond motifs is 1. The summed E-state index contributed by atoms with van der Waals surface area (Å²) in [6.07, 6.45) is 1.50. The monoisotopic (exact) mass is 276 g/mol. The number of imidazole rings is 1. The number of benzene rings is 1. The molecule has 1 saturated carbocycles. The van der Waals surface area contributed by atoms with Crippen LogP contribution in [0.4, 0.5) is 4.39 Å². The highest BCUT2D eigenvalue weighted by Crippen LogP contribution is 2.49. The smallest absolute Gasteiger partial charge is 0.319 e. The van der Waals surface area contributed by atoms with E-state index in [1.807, 2.05) is 11.5 Å². The van der Waals surface area contributed by atoms with Crippen LogP contribution in [0.15, 0.2) is 18.2 Å². The molecule has 1 aliphatic carbocycles. The second kappa shape index (κ2) is 4.58. The van der Waals surface area contributed by atoms with Crippen molar-refractivity contribution in [2.24, 2.45) is 0 Å². The molecule has 3 rings (SSSR count). The fraction of sp³-hybridized carbons (Fsp3) is 0.467. The molecule has 0 spiro atoms. The number of esters is 1. The van der Waals surface area contributed by atoms with Gasteiger partial charge < -0.3 is 9.30 Å². The largest absolute Gasteiger partial charge is 0.465 e. The first-order chi connectivity index (χ1) is 9.62. The zero-order valence-electron chi connectivity index (χ0n) is 11.6. The van der Waals surface area contributed by atoms with Gasteiger partial charge in [-0.1, -0.05) is 0 Å². The fourth-order valence-electron chi connectivity index (χ4n) is 2.69. The van der Waals surface area contributed by atoms with Gasteiger partial charge in [0.15, 0.2) is 0 Å². The second-order valence-electron chi connectivity index (χ2n) is 5.12. The van der Waals surface area contributed by atoms with Crippen molar-refractivity contribution >= 4 is 17.0 Å². The van der Waals surface area contributed by atoms with Gasteiger partial charge in [0.2, 0.25) is 0 Å². The highest BCUT2D eigenvalue weighted by molar-refractivity contribution is 5.87. The molecule has 2 aromatic rings. The van der Waals surface area contributed by atoms with Crippen LogP contribution in [0.25, 0.3) is 11.0 Å². The molecular weight excluding hydrogens is 259 g/mol. The lowest BCUT2D eigenvalue weighted by Gasteiger charge is -2.15. The van der Waals surface area contributed by atoms with Crippen molar-refractivity contribution in [3.05, 3.63) is 29.8 Å². The number of hydrogen-bond donors (Lipinski definition) is 0. The minimum atomic E-state index is -0.623. The minimum absolute atomic E-state index is 0.217. The van der Waals surface area contributed by atoms with Crippen LogP contribution in [0.3, 0.4) is 0 Å². The molecule has 20 heavy (non-hydrogen) atoms. The standard InChI is InChI=1S/C15H17FN2O2/c1-3-18-12-9-10(16)5-6-11(12)17-13(18)15(7-8-15)14(19)20-4-2/h5-6,9H,3-4,7-8H2,1-2H3. The molecule has 0 amide bonds. The van der Waals surface area contributed by atoms with Crippen LogP contribution in [0.2, 0.25) is 0 Å². The summed E-state index contributed by atoms with van der Waals surface area (Å²) in [5.74, 6) is 0.198. The number of ether oxygens (including phenoxy) is 1. The lowest BCUT2D eigenvalue weighted by atomic mass is 10.1. The Hall–Kier alpha value is -1.91. The van der Waals surface area contributed by atoms with E-state index < -0.39 is 5.41 Å². The number of hydrogen-bond acceptors (Lipinski definition) is 3. The van der Waals surface area contributed by atoms with E-state index in [0.717, 1.165) is 23.9 Å². The third-order valence-electron chi connectivity index (χ3n) is 3.87. The van der Waals surface area contributed by atoms with Crippen LogP contribution in [0, 0.1) is 5.82 Å². The van der Waals surface area contributed by atoms with Crippen molar-refractivity contribution in [2.45, 2.75) is 38.6 Å². The van der Waals surface area contributed by atoms with E-state index in [0.29, 0.717) is 19.0 Å². The first-order valence-corrected chi connectivity index (χ1v) is 6.96. The molecule has 0 aliphatic heterocycles. The Morgan fingerprint density at radius 3 is 2.80 bits per heavy atom. The summed E-state index contributed by atoms with van der Waals surface area (Å²) in [6.45, 7) is 4.78. The molecule has 0 N–H and O–H groups in total. The van der Waals surface area contributed by atoms with E-state index in [1.54, 1.807) is 13.0 Å². The number of aryl methyl sites for hydroxylation is 1. The van der Waals surface area contributed by atoms with Gasteiger partial charge in [0.25, 0.3) is 0 Å². The summed E-state index contributed by atoms with van der Waals surface area (Å²) in [5.41, 5.74) is 0.832. The molecule has 1 heterocycles. The molecule has 1 fully saturated rings. The van der Waals surface area contributed by atoms with E-state index in [2.05, 4.69) is 4.98 Å². The summed E-state index contributed by atoms with van der Waals surface area (Å²) in [5, 5.41) is 0. The molecule has 1 aliphatic rings. The number of halogens is 1. The van der Waals surface area contributed by atoms with Gasteiger partial charge in [0.1, 0.15) is 17.1 Å². The van der Waals surface area contributed by atoms with Gasteiger partial charge in [-0.2, -0.15) is 0 Å². The predicted molar refractivity (Wildman–Crippen MR) is 72.9 cm³/mol. The van der Waals surface area contributed by atoms with Crippen molar-refractivity contribution in [1.82, 2.24) is 9.55 Å². The maximum atomic E-state index is 13.4. The summed E-state index contributed by atoms with van der Waals surface area (Å²) in [4.78, 5) is 16.7. The highest BCUT2D eigenvalue weighted by atomic mass is 19.1. The average Bonchev–Trinajstić information content (AvgIpc) is 3.16. The van der Waals surface area contributed by atoms with Gasteiger partial charge in [-0.05, 0) is 44.9 Å². The molecule has 106 valence electrons. The summed E-state index contributed by atoms with van der Waals surface area (Å²) >= 11 is 0. The molecule has 1 aromatic carbocycles. The van der Waals surface area contributed by atoms with Gasteiger partial charge in [0, 0.05) is 6.54 Å². The van der Waals surface area contributed by atoms with Gasteiger partial charge in [-0.25, -0.2) is 9.37 Å². The quantitative estimate of drug-likeness (QED) is 0.807. The topological polar surface area (TPSA) is 44.1 Å². The van der Waals surface area contributed by atoms with Crippen LogP contribution in [0.1, 0.15) is 32.5 Å². The van der Waals surface area contributed by atoms with Crippen LogP contribution in [0.5, 0.6) is 0 Å². The Kier molecular flexibility index (Phi) is 3.00. The highest BCUT2D eigenvalue weighted by Gasteiger charge is 2.56. The summed E-state index contributed by atoms with van der Waals surface area (Å²) in [6, 6.07) is 4.52. The van der Waals surface area contributed by atoms with Crippen LogP contribution >= 0.6 is 0 Å². The fourth-order valence-corrected chi connectivity index (χ4v) is 2.69. The molecule has 4 nitrogen and oxygen atoms in total. The number of carbonyl (C=O) groups excluding carboxylic acids is 1. The Labute approximate surface area is 116 Å². The van der Waals surface area contributed by atoms with E-state index in [9.17, 15) is 9.18 Å². The van der Waals surface area contributed by atoms with Crippen LogP contribution in [-0.4, -0.2) is 22.1 Å². The van der Waals surface area contributed by atoms with E-state index in [-0.39, 0.29) is 11.8 Å². The zero-order valence-corrected chi connectivity index (χ0v) is 11.6. The SMILES string of the molecule is CCOC(=O)C1(c2nc3ccc(F)cc3n2CC)CC1. The van der Waals surface area contributed by atoms with E-state index in [1.165, 1.54) is 12.1 Å². The Morgan fingerprint density at radius 1 is 1.45 bits per heavy atom. The van der Waals surface area contributed by atoms with Crippen molar-refractivity contribution in [2.75, 3.05) is 6.61 Å². The average molecular weight is 276 g/mol. The molecule has 0 bridgehead atoms. The van der Waals surface area contributed by atoms with E-state index in [4.69, 9.17) is 4.74 Å². The number of aromatic nitrogens is 2. The summed E-state index contributed by atoms with van der Waals surface area (Å²) < 4.78 is 20.5. The van der Waals surface area contributed by atoms with Crippen molar-refractivity contribution in [3.63, 3.8) is 0 Å². The number of nitrogens with zero attached hydrogens (tertiary/aromatic N) is 2. The Balaban J connectivity index is 2.14. The molecule has 0 radical (unpaired) electrons. The van der Waals surface area contributed by atoms with Crippen molar-refractivity contribution < 1.29 is 13.9 Å². The van der Waals surface area contributed by atoms with Crippen LogP contribution in [-0.2, 0) is 21.5 Å². The molecule has 0 saturated heterocycles. The van der Waals surface area contributed by atoms with Gasteiger partial charge in [0.05, 0.1) is 17.6 Å². The van der Waals surface area contributed by atoms with Crippen molar-refractivity contribution in [3.8, 4) is 0 Å². The molecule has 5 heteroatoms. The maximum absolute atomic E-state index is 13.4. The molecule has 1 aromatic heterocycles. The number of carbonyl (C=O) groups is 1. The Bertz CT molecular complexity index is 674. The van der Waals surface area contributed by atoms with Gasteiger partial charge >= 0.3 is 5.97 Å². The third kappa shape index (κ3) is 1.80. The normalized spacial score (nSPS) is 16.4. The molecule has 0 unspecified atom stereocenters. The Morgan fingerprint density at radius 2 is 2.20 bits per heavy atom. The van der Waals surface area contributed by atoms with Gasteiger partial charge in [-0.3, -0.25) is 4.79 Å². The predicted octanol–water partition coefficient (Wildman–Crippen LogP) is 2.79. The second-order valence-corrected chi connectivity index (χ2v) is 5.12. The molecule has 0 atom stereocenters. The van der Waals surface area contributed by atoms with Crippen molar-refractivity contribution in [1.29, 1.82) is 0 Å².